The first kappa shape index (κ1) is 31.8. The zero-order valence-corrected chi connectivity index (χ0v) is 25.4. The standard InChI is InChI=1S/C30H36F3N11O2/c1-41(9-2-12-45)16-21-13-24(40-28(39-21)30(31,32)33)27(46)42-10-4-22(5-11-42)43-17-29(18-43,6-7-34)44-15-20(14-38-44)25-23-3-8-35-26(23)37-19-36-25/h3,8,13-15,19,22-23,25,45H,2,4-6,9-12,16-18H2,1H3,(H,35,36,37). The van der Waals surface area contributed by atoms with E-state index in [4.69, 9.17) is 5.11 Å². The van der Waals surface area contributed by atoms with Crippen LogP contribution in [0.25, 0.3) is 0 Å². The fourth-order valence-corrected chi connectivity index (χ4v) is 6.66. The summed E-state index contributed by atoms with van der Waals surface area (Å²) in [5.41, 5.74) is 0.289. The van der Waals surface area contributed by atoms with Crippen LogP contribution in [-0.4, -0.2) is 110 Å². The predicted octanol–water partition coefficient (Wildman–Crippen LogP) is 1.95. The van der Waals surface area contributed by atoms with Crippen LogP contribution in [0.1, 0.15) is 59.3 Å². The highest BCUT2D eigenvalue weighted by molar-refractivity contribution is 5.96. The molecule has 0 aliphatic carbocycles. The molecule has 6 heterocycles. The van der Waals surface area contributed by atoms with Crippen molar-refractivity contribution >= 4 is 18.1 Å². The summed E-state index contributed by atoms with van der Waals surface area (Å²) in [7, 11) is 1.71. The number of likely N-dealkylation sites (tertiary alicyclic amines) is 2. The molecule has 4 aliphatic heterocycles. The van der Waals surface area contributed by atoms with Crippen molar-refractivity contribution in [2.24, 2.45) is 15.9 Å². The largest absolute Gasteiger partial charge is 0.451 e. The van der Waals surface area contributed by atoms with Crippen LogP contribution in [-0.2, 0) is 18.3 Å². The Morgan fingerprint density at radius 2 is 2.04 bits per heavy atom. The number of alkyl halides is 3. The zero-order valence-electron chi connectivity index (χ0n) is 25.4. The minimum absolute atomic E-state index is 0.0209. The van der Waals surface area contributed by atoms with Gasteiger partial charge >= 0.3 is 6.18 Å². The lowest BCUT2D eigenvalue weighted by Gasteiger charge is -2.53. The lowest BCUT2D eigenvalue weighted by molar-refractivity contribution is -0.145. The number of carbonyl (C=O) groups excluding carboxylic acids is 1. The van der Waals surface area contributed by atoms with E-state index in [1.165, 1.54) is 6.07 Å². The Bertz CT molecular complexity index is 1570. The van der Waals surface area contributed by atoms with Crippen molar-refractivity contribution in [1.82, 2.24) is 39.8 Å². The molecule has 0 saturated carbocycles. The molecule has 1 amide bonds. The molecule has 2 fully saturated rings. The van der Waals surface area contributed by atoms with Gasteiger partial charge in [-0.1, -0.05) is 6.08 Å². The van der Waals surface area contributed by atoms with Gasteiger partial charge in [0.15, 0.2) is 0 Å². The number of piperidine rings is 1. The number of amides is 1. The third-order valence-electron chi connectivity index (χ3n) is 9.10. The summed E-state index contributed by atoms with van der Waals surface area (Å²) in [5.74, 6) is -1.02. The van der Waals surface area contributed by atoms with Gasteiger partial charge in [-0.15, -0.1) is 0 Å². The van der Waals surface area contributed by atoms with Crippen molar-refractivity contribution in [2.45, 2.75) is 56.0 Å². The molecule has 2 aromatic rings. The molecule has 6 rings (SSSR count). The number of rotatable bonds is 10. The van der Waals surface area contributed by atoms with Crippen LogP contribution in [0.3, 0.4) is 0 Å². The van der Waals surface area contributed by atoms with Gasteiger partial charge in [0.1, 0.15) is 23.4 Å². The first-order chi connectivity index (χ1) is 22.1. The lowest BCUT2D eigenvalue weighted by atomic mass is 9.83. The second-order valence-corrected chi connectivity index (χ2v) is 12.3. The molecule has 2 saturated heterocycles. The Morgan fingerprint density at radius 3 is 2.76 bits per heavy atom. The Morgan fingerprint density at radius 1 is 1.26 bits per heavy atom. The zero-order chi connectivity index (χ0) is 32.5. The van der Waals surface area contributed by atoms with Crippen LogP contribution >= 0.6 is 0 Å². The third kappa shape index (κ3) is 6.39. The van der Waals surface area contributed by atoms with E-state index < -0.39 is 23.4 Å². The highest BCUT2D eigenvalue weighted by atomic mass is 19.4. The number of fused-ring (bicyclic) bond motifs is 1. The van der Waals surface area contributed by atoms with E-state index in [0.717, 1.165) is 11.4 Å². The van der Waals surface area contributed by atoms with E-state index in [1.807, 2.05) is 23.2 Å². The number of nitriles is 1. The maximum Gasteiger partial charge on any atom is 0.451 e. The molecule has 244 valence electrons. The van der Waals surface area contributed by atoms with Crippen molar-refractivity contribution < 1.29 is 23.1 Å². The second kappa shape index (κ2) is 12.9. The summed E-state index contributed by atoms with van der Waals surface area (Å²) in [4.78, 5) is 35.1. The predicted molar refractivity (Wildman–Crippen MR) is 160 cm³/mol. The third-order valence-corrected chi connectivity index (χ3v) is 9.10. The van der Waals surface area contributed by atoms with Crippen molar-refractivity contribution in [1.29, 1.82) is 5.26 Å². The Hall–Kier alpha value is -4.20. The number of halogens is 3. The van der Waals surface area contributed by atoms with E-state index in [9.17, 15) is 23.2 Å². The van der Waals surface area contributed by atoms with E-state index in [-0.39, 0.29) is 42.5 Å². The number of hydrogen-bond donors (Lipinski definition) is 2. The summed E-state index contributed by atoms with van der Waals surface area (Å²) in [6, 6.07) is 3.67. The molecule has 0 bridgehead atoms. The van der Waals surface area contributed by atoms with Gasteiger partial charge in [0.2, 0.25) is 5.82 Å². The fourth-order valence-electron chi connectivity index (χ4n) is 6.66. The van der Waals surface area contributed by atoms with E-state index >= 15 is 0 Å². The molecule has 0 aromatic carbocycles. The number of aliphatic hydroxyl groups is 1. The number of nitrogens with one attached hydrogen (secondary N) is 1. The number of carbonyl (C=O) groups is 1. The van der Waals surface area contributed by atoms with Gasteiger partial charge in [-0.05, 0) is 38.6 Å². The SMILES string of the molecule is CN(CCCO)Cc1cc(C(=O)N2CCC(N3CC(CC#N)(n4cc(C5N=CN=C6NC=CC65)cn4)C3)CC2)nc(C(F)(F)F)n1. The molecular formula is C30H36F3N11O2. The van der Waals surface area contributed by atoms with Crippen molar-refractivity contribution in [2.75, 3.05) is 46.4 Å². The van der Waals surface area contributed by atoms with Gasteiger partial charge < -0.3 is 20.2 Å². The molecule has 2 aromatic heterocycles. The second-order valence-electron chi connectivity index (χ2n) is 12.3. The number of aromatic nitrogens is 4. The Labute approximate surface area is 264 Å². The van der Waals surface area contributed by atoms with Crippen LogP contribution in [0.4, 0.5) is 13.2 Å². The van der Waals surface area contributed by atoms with Crippen LogP contribution in [0.5, 0.6) is 0 Å². The molecule has 2 N–H and O–H groups in total. The van der Waals surface area contributed by atoms with Gasteiger partial charge in [0.05, 0.1) is 36.3 Å². The Balaban J connectivity index is 1.08. The molecule has 16 heteroatoms. The average Bonchev–Trinajstić information content (AvgIpc) is 3.71. The minimum atomic E-state index is -4.80. The number of amidine groups is 1. The monoisotopic (exact) mass is 639 g/mol. The van der Waals surface area contributed by atoms with Crippen molar-refractivity contribution in [3.63, 3.8) is 0 Å². The fraction of sp³-hybridized carbons (Fsp3) is 0.567. The molecule has 2 unspecified atom stereocenters. The molecule has 2 atom stereocenters. The average molecular weight is 640 g/mol. The maximum absolute atomic E-state index is 13.6. The smallest absolute Gasteiger partial charge is 0.396 e. The van der Waals surface area contributed by atoms with Gasteiger partial charge in [-0.2, -0.15) is 23.5 Å². The molecule has 4 aliphatic rings. The maximum atomic E-state index is 13.6. The van der Waals surface area contributed by atoms with Crippen molar-refractivity contribution in [3.05, 3.63) is 53.5 Å². The van der Waals surface area contributed by atoms with Gasteiger partial charge in [-0.25, -0.2) is 15.0 Å². The molecule has 0 radical (unpaired) electrons. The van der Waals surface area contributed by atoms with E-state index in [0.29, 0.717) is 58.4 Å². The highest BCUT2D eigenvalue weighted by Crippen LogP contribution is 2.38. The number of hydrogen-bond acceptors (Lipinski definition) is 11. The molecular weight excluding hydrogens is 603 g/mol. The van der Waals surface area contributed by atoms with Crippen LogP contribution < -0.4 is 5.32 Å². The number of nitrogens with zero attached hydrogens (tertiary/aromatic N) is 10. The lowest BCUT2D eigenvalue weighted by Crippen LogP contribution is -2.66. The summed E-state index contributed by atoms with van der Waals surface area (Å²) in [5, 5.41) is 26.5. The van der Waals surface area contributed by atoms with E-state index in [2.05, 4.69) is 41.3 Å². The normalized spacial score (nSPS) is 22.7. The van der Waals surface area contributed by atoms with Crippen LogP contribution in [0.2, 0.25) is 0 Å². The highest BCUT2D eigenvalue weighted by Gasteiger charge is 2.48. The molecule has 46 heavy (non-hydrogen) atoms. The van der Waals surface area contributed by atoms with Crippen LogP contribution in [0.15, 0.2) is 40.7 Å². The van der Waals surface area contributed by atoms with Gasteiger partial charge in [0, 0.05) is 63.7 Å². The van der Waals surface area contributed by atoms with Gasteiger partial charge in [-0.3, -0.25) is 19.4 Å². The summed E-state index contributed by atoms with van der Waals surface area (Å²) in [6.45, 7) is 2.52. The topological polar surface area (TPSA) is 151 Å². The van der Waals surface area contributed by atoms with Gasteiger partial charge in [0.25, 0.3) is 5.91 Å². The number of aliphatic imine (C=N–C) groups is 2. The van der Waals surface area contributed by atoms with Crippen molar-refractivity contribution in [3.8, 4) is 6.07 Å². The molecule has 0 spiro atoms. The quantitative estimate of drug-likeness (QED) is 0.398. The number of aliphatic hydroxyl groups excluding tert-OH is 1. The first-order valence-corrected chi connectivity index (χ1v) is 15.3. The summed E-state index contributed by atoms with van der Waals surface area (Å²) in [6.07, 6.45) is 6.48. The van der Waals surface area contributed by atoms with E-state index in [1.54, 1.807) is 29.4 Å². The summed E-state index contributed by atoms with van der Waals surface area (Å²) >= 11 is 0. The molecule has 13 nitrogen and oxygen atoms in total. The first-order valence-electron chi connectivity index (χ1n) is 15.3. The Kier molecular flexibility index (Phi) is 8.90. The van der Waals surface area contributed by atoms with Crippen LogP contribution in [0, 0.1) is 17.2 Å². The summed E-state index contributed by atoms with van der Waals surface area (Å²) < 4.78 is 42.8. The minimum Gasteiger partial charge on any atom is -0.396 e.